The third-order valence-electron chi connectivity index (χ3n) is 11.4. The molecule has 3 aromatic heterocycles. The number of furan rings is 1. The molecule has 0 saturated carbocycles. The summed E-state index contributed by atoms with van der Waals surface area (Å²) < 4.78 is 11.5. The van der Waals surface area contributed by atoms with Gasteiger partial charge in [-0.15, -0.1) is 0 Å². The van der Waals surface area contributed by atoms with Crippen LogP contribution >= 0.6 is 0 Å². The van der Waals surface area contributed by atoms with Crippen molar-refractivity contribution in [3.05, 3.63) is 199 Å². The molecular weight excluding hydrogens is 687 g/mol. The standard InChI is InChI=1S/C50H33N5O/c1-3-15-32(16-4-1)49-51-50(33-17-5-2-6-18-33)55(52-49)34-27-30-43-40(31-34)36-20-8-10-22-41(36)53(43)44-24-12-13-25-45(44)54-42-23-11-7-19-35(42)38-28-29-39-37-21-9-14-26-46(37)56-48(39)47(38)54/h1-31,50H,(H,51,52). The molecule has 0 aliphatic carbocycles. The Morgan fingerprint density at radius 3 is 1.84 bits per heavy atom. The van der Waals surface area contributed by atoms with Gasteiger partial charge in [0, 0.05) is 37.9 Å². The molecule has 0 spiro atoms. The van der Waals surface area contributed by atoms with E-state index in [4.69, 9.17) is 9.52 Å². The van der Waals surface area contributed by atoms with Crippen molar-refractivity contribution in [1.29, 1.82) is 0 Å². The Labute approximate surface area is 321 Å². The second-order valence-electron chi connectivity index (χ2n) is 14.4. The third-order valence-corrected chi connectivity index (χ3v) is 11.4. The molecule has 0 radical (unpaired) electrons. The summed E-state index contributed by atoms with van der Waals surface area (Å²) in [6, 6.07) is 66.6. The molecule has 6 nitrogen and oxygen atoms in total. The van der Waals surface area contributed by atoms with Crippen LogP contribution < -0.4 is 10.3 Å². The van der Waals surface area contributed by atoms with Crippen molar-refractivity contribution in [2.45, 2.75) is 6.17 Å². The highest BCUT2D eigenvalue weighted by atomic mass is 16.3. The number of hydrazone groups is 1. The van der Waals surface area contributed by atoms with Crippen molar-refractivity contribution in [2.75, 3.05) is 5.01 Å². The molecular formula is C50H33N5O. The Balaban J connectivity index is 1.10. The van der Waals surface area contributed by atoms with E-state index < -0.39 is 0 Å². The predicted molar refractivity (Wildman–Crippen MR) is 230 cm³/mol. The number of fused-ring (bicyclic) bond motifs is 10. The Kier molecular flexibility index (Phi) is 6.59. The van der Waals surface area contributed by atoms with Crippen LogP contribution in [0.4, 0.5) is 5.69 Å². The summed E-state index contributed by atoms with van der Waals surface area (Å²) >= 11 is 0. The topological polar surface area (TPSA) is 50.6 Å². The molecule has 1 atom stereocenters. The van der Waals surface area contributed by atoms with Gasteiger partial charge in [0.25, 0.3) is 0 Å². The molecule has 1 aliphatic rings. The van der Waals surface area contributed by atoms with Crippen LogP contribution in [0.5, 0.6) is 0 Å². The molecule has 12 rings (SSSR count). The van der Waals surface area contributed by atoms with Crippen LogP contribution in [-0.4, -0.2) is 15.0 Å². The summed E-state index contributed by atoms with van der Waals surface area (Å²) in [5.41, 5.74) is 11.6. The molecule has 4 heterocycles. The maximum absolute atomic E-state index is 6.72. The third kappa shape index (κ3) is 4.47. The first-order valence-electron chi connectivity index (χ1n) is 19.0. The van der Waals surface area contributed by atoms with E-state index in [2.05, 4.69) is 195 Å². The minimum atomic E-state index is -0.164. The summed E-state index contributed by atoms with van der Waals surface area (Å²) in [6.07, 6.45) is -0.164. The lowest BCUT2D eigenvalue weighted by Crippen LogP contribution is -2.30. The van der Waals surface area contributed by atoms with Crippen LogP contribution in [0, 0.1) is 0 Å². The highest BCUT2D eigenvalue weighted by molar-refractivity contribution is 6.21. The minimum Gasteiger partial charge on any atom is -0.454 e. The van der Waals surface area contributed by atoms with E-state index in [1.807, 2.05) is 12.1 Å². The SMILES string of the molecule is c1ccc(C2=NN(c3ccc4c(c3)c3ccccc3n4-c3ccccc3-n3c4ccccc4c4ccc5c6ccccc6oc5c43)C(c3ccccc3)N2)cc1. The molecule has 8 aromatic carbocycles. The number of hydrogen-bond acceptors (Lipinski definition) is 4. The average Bonchev–Trinajstić information content (AvgIpc) is 4.04. The summed E-state index contributed by atoms with van der Waals surface area (Å²) in [7, 11) is 0. The van der Waals surface area contributed by atoms with Crippen LogP contribution in [0.1, 0.15) is 17.3 Å². The quantitative estimate of drug-likeness (QED) is 0.193. The molecule has 0 bridgehead atoms. The van der Waals surface area contributed by atoms with Crippen LogP contribution in [0.2, 0.25) is 0 Å². The Morgan fingerprint density at radius 1 is 0.464 bits per heavy atom. The normalized spacial score (nSPS) is 14.5. The van der Waals surface area contributed by atoms with Gasteiger partial charge in [-0.05, 0) is 60.2 Å². The summed E-state index contributed by atoms with van der Waals surface area (Å²) in [4.78, 5) is 0. The number of anilines is 1. The van der Waals surface area contributed by atoms with Crippen LogP contribution in [0.3, 0.4) is 0 Å². The van der Waals surface area contributed by atoms with E-state index in [0.717, 1.165) is 88.8 Å². The van der Waals surface area contributed by atoms with Gasteiger partial charge < -0.3 is 18.9 Å². The van der Waals surface area contributed by atoms with Crippen molar-refractivity contribution >= 4 is 77.1 Å². The molecule has 1 unspecified atom stereocenters. The molecule has 6 heteroatoms. The number of aromatic nitrogens is 2. The number of para-hydroxylation sites is 5. The van der Waals surface area contributed by atoms with E-state index in [1.165, 1.54) is 10.8 Å². The van der Waals surface area contributed by atoms with E-state index >= 15 is 0 Å². The molecule has 0 fully saturated rings. The van der Waals surface area contributed by atoms with Gasteiger partial charge >= 0.3 is 0 Å². The Bertz CT molecular complexity index is 3350. The maximum atomic E-state index is 6.72. The Morgan fingerprint density at radius 2 is 1.05 bits per heavy atom. The molecule has 264 valence electrons. The van der Waals surface area contributed by atoms with Crippen molar-refractivity contribution in [2.24, 2.45) is 5.10 Å². The zero-order chi connectivity index (χ0) is 36.7. The van der Waals surface area contributed by atoms with Gasteiger partial charge in [0.05, 0.1) is 39.1 Å². The highest BCUT2D eigenvalue weighted by Gasteiger charge is 2.30. The fraction of sp³-hybridized carbons (Fsp3) is 0.0200. The lowest BCUT2D eigenvalue weighted by atomic mass is 10.1. The first kappa shape index (κ1) is 30.8. The first-order valence-corrected chi connectivity index (χ1v) is 19.0. The van der Waals surface area contributed by atoms with Gasteiger partial charge in [0.2, 0.25) is 0 Å². The van der Waals surface area contributed by atoms with Crippen LogP contribution in [0.25, 0.3) is 76.9 Å². The largest absolute Gasteiger partial charge is 0.454 e. The van der Waals surface area contributed by atoms with Crippen LogP contribution in [-0.2, 0) is 0 Å². The van der Waals surface area contributed by atoms with E-state index in [-0.39, 0.29) is 6.17 Å². The van der Waals surface area contributed by atoms with Crippen molar-refractivity contribution in [3.8, 4) is 11.4 Å². The summed E-state index contributed by atoms with van der Waals surface area (Å²) in [6.45, 7) is 0. The van der Waals surface area contributed by atoms with Gasteiger partial charge in [-0.25, -0.2) is 5.01 Å². The zero-order valence-electron chi connectivity index (χ0n) is 30.2. The molecule has 1 aliphatic heterocycles. The van der Waals surface area contributed by atoms with Gasteiger partial charge in [0.15, 0.2) is 11.4 Å². The monoisotopic (exact) mass is 719 g/mol. The van der Waals surface area contributed by atoms with Gasteiger partial charge in [-0.2, -0.15) is 5.10 Å². The number of benzene rings is 8. The predicted octanol–water partition coefficient (Wildman–Crippen LogP) is 12.3. The van der Waals surface area contributed by atoms with Crippen LogP contribution in [0.15, 0.2) is 198 Å². The van der Waals surface area contributed by atoms with Crippen molar-refractivity contribution in [3.63, 3.8) is 0 Å². The second kappa shape index (κ2) is 12.0. The van der Waals surface area contributed by atoms with Gasteiger partial charge in [-0.3, -0.25) is 0 Å². The first-order chi connectivity index (χ1) is 27.8. The number of nitrogens with zero attached hydrogens (tertiary/aromatic N) is 4. The summed E-state index contributed by atoms with van der Waals surface area (Å²) in [5.74, 6) is 0.848. The van der Waals surface area contributed by atoms with Crippen molar-refractivity contribution < 1.29 is 4.42 Å². The molecule has 11 aromatic rings. The molecule has 1 N–H and O–H groups in total. The van der Waals surface area contributed by atoms with E-state index in [0.29, 0.717) is 0 Å². The Hall–Kier alpha value is -7.57. The maximum Gasteiger partial charge on any atom is 0.160 e. The minimum absolute atomic E-state index is 0.164. The van der Waals surface area contributed by atoms with E-state index in [1.54, 1.807) is 0 Å². The lowest BCUT2D eigenvalue weighted by Gasteiger charge is -2.24. The summed E-state index contributed by atoms with van der Waals surface area (Å²) in [5, 5.41) is 18.0. The molecule has 0 saturated heterocycles. The highest BCUT2D eigenvalue weighted by Crippen LogP contribution is 2.43. The smallest absolute Gasteiger partial charge is 0.160 e. The van der Waals surface area contributed by atoms with E-state index in [9.17, 15) is 0 Å². The number of nitrogens with one attached hydrogen (secondary N) is 1. The molecule has 56 heavy (non-hydrogen) atoms. The molecule has 0 amide bonds. The number of hydrogen-bond donors (Lipinski definition) is 1. The van der Waals surface area contributed by atoms with Gasteiger partial charge in [0.1, 0.15) is 11.7 Å². The lowest BCUT2D eigenvalue weighted by molar-refractivity contribution is 0.653. The second-order valence-corrected chi connectivity index (χ2v) is 14.4. The number of rotatable bonds is 5. The van der Waals surface area contributed by atoms with Crippen molar-refractivity contribution in [1.82, 2.24) is 14.5 Å². The fourth-order valence-electron chi connectivity index (χ4n) is 8.88. The average molecular weight is 720 g/mol. The van der Waals surface area contributed by atoms with Gasteiger partial charge in [-0.1, -0.05) is 133 Å². The zero-order valence-corrected chi connectivity index (χ0v) is 30.2. The fourth-order valence-corrected chi connectivity index (χ4v) is 8.88. The number of amidine groups is 1.